The summed E-state index contributed by atoms with van der Waals surface area (Å²) in [5.74, 6) is -0.178. The van der Waals surface area contributed by atoms with Crippen molar-refractivity contribution in [3.8, 4) is 0 Å². The molecule has 0 radical (unpaired) electrons. The lowest BCUT2D eigenvalue weighted by molar-refractivity contribution is -0.135. The summed E-state index contributed by atoms with van der Waals surface area (Å²) in [7, 11) is -3.33. The average Bonchev–Trinajstić information content (AvgIpc) is 3.18. The van der Waals surface area contributed by atoms with Crippen molar-refractivity contribution in [3.05, 3.63) is 0 Å². The summed E-state index contributed by atoms with van der Waals surface area (Å²) in [6.45, 7) is 1.89. The van der Waals surface area contributed by atoms with Gasteiger partial charge >= 0.3 is 0 Å². The number of rotatable bonds is 5. The first-order valence-electron chi connectivity index (χ1n) is 6.36. The number of piperazine rings is 1. The van der Waals surface area contributed by atoms with Crippen LogP contribution < -0.4 is 0 Å². The molecule has 0 aromatic rings. The Hall–Kier alpha value is -1.15. The Morgan fingerprint density at radius 2 is 1.84 bits per heavy atom. The summed E-state index contributed by atoms with van der Waals surface area (Å²) in [4.78, 5) is 25.9. The van der Waals surface area contributed by atoms with E-state index in [9.17, 15) is 18.0 Å². The molecule has 0 aromatic carbocycles. The van der Waals surface area contributed by atoms with Crippen LogP contribution in [-0.2, 0) is 19.6 Å². The first kappa shape index (κ1) is 14.3. The van der Waals surface area contributed by atoms with E-state index in [-0.39, 0.29) is 18.5 Å². The zero-order valence-corrected chi connectivity index (χ0v) is 11.8. The monoisotopic (exact) mass is 289 g/mol. The number of carbonyl (C=O) groups excluding carboxylic acids is 2. The molecule has 1 aliphatic carbocycles. The van der Waals surface area contributed by atoms with Crippen molar-refractivity contribution in [2.75, 3.05) is 39.0 Å². The molecule has 19 heavy (non-hydrogen) atoms. The van der Waals surface area contributed by atoms with Crippen LogP contribution in [-0.4, -0.2) is 79.9 Å². The summed E-state index contributed by atoms with van der Waals surface area (Å²) < 4.78 is 24.6. The molecule has 1 heterocycles. The van der Waals surface area contributed by atoms with E-state index in [0.717, 1.165) is 25.5 Å². The van der Waals surface area contributed by atoms with Gasteiger partial charge in [-0.1, -0.05) is 0 Å². The molecule has 0 bridgehead atoms. The Morgan fingerprint density at radius 3 is 2.26 bits per heavy atom. The van der Waals surface area contributed by atoms with Crippen LogP contribution in [0.3, 0.4) is 0 Å². The molecule has 0 spiro atoms. The van der Waals surface area contributed by atoms with Gasteiger partial charge in [0.25, 0.3) is 0 Å². The minimum absolute atomic E-state index is 0.00443. The maximum atomic E-state index is 12.1. The predicted octanol–water partition coefficient (Wildman–Crippen LogP) is -1.29. The molecule has 0 atom stereocenters. The molecule has 108 valence electrons. The van der Waals surface area contributed by atoms with Crippen LogP contribution >= 0.6 is 0 Å². The molecule has 2 aliphatic rings. The third-order valence-corrected chi connectivity index (χ3v) is 4.77. The number of amides is 2. The Balaban J connectivity index is 1.91. The summed E-state index contributed by atoms with van der Waals surface area (Å²) in [5, 5.41) is 0. The minimum Gasteiger partial charge on any atom is -0.342 e. The summed E-state index contributed by atoms with van der Waals surface area (Å²) >= 11 is 0. The van der Waals surface area contributed by atoms with Gasteiger partial charge in [-0.05, 0) is 12.8 Å². The van der Waals surface area contributed by atoms with Crippen LogP contribution in [0.15, 0.2) is 0 Å². The lowest BCUT2D eigenvalue weighted by Crippen LogP contribution is -2.51. The average molecular weight is 289 g/mol. The van der Waals surface area contributed by atoms with E-state index < -0.39 is 10.0 Å². The number of carbonyl (C=O) groups is 2. The molecule has 1 aliphatic heterocycles. The van der Waals surface area contributed by atoms with Crippen LogP contribution in [0, 0.1) is 0 Å². The molecule has 1 saturated heterocycles. The van der Waals surface area contributed by atoms with Gasteiger partial charge in [-0.15, -0.1) is 0 Å². The fraction of sp³-hybridized carbons (Fsp3) is 0.818. The molecule has 0 aromatic heterocycles. The zero-order chi connectivity index (χ0) is 14.0. The van der Waals surface area contributed by atoms with Gasteiger partial charge in [0.15, 0.2) is 0 Å². The molecular formula is C11H19N3O4S. The fourth-order valence-electron chi connectivity index (χ4n) is 2.19. The van der Waals surface area contributed by atoms with E-state index in [1.807, 2.05) is 0 Å². The Kier molecular flexibility index (Phi) is 4.10. The third-order valence-electron chi connectivity index (χ3n) is 3.49. The summed E-state index contributed by atoms with van der Waals surface area (Å²) in [6, 6.07) is -0.00443. The van der Waals surface area contributed by atoms with Gasteiger partial charge in [-0.25, -0.2) is 8.42 Å². The van der Waals surface area contributed by atoms with Crippen LogP contribution in [0.4, 0.5) is 0 Å². The van der Waals surface area contributed by atoms with Gasteiger partial charge < -0.3 is 9.80 Å². The number of nitrogens with zero attached hydrogens (tertiary/aromatic N) is 3. The highest BCUT2D eigenvalue weighted by molar-refractivity contribution is 7.88. The lowest BCUT2D eigenvalue weighted by atomic mass is 10.3. The topological polar surface area (TPSA) is 78.0 Å². The van der Waals surface area contributed by atoms with Crippen molar-refractivity contribution in [1.82, 2.24) is 14.1 Å². The number of hydrogen-bond donors (Lipinski definition) is 0. The Morgan fingerprint density at radius 1 is 1.26 bits per heavy atom. The highest BCUT2D eigenvalue weighted by Crippen LogP contribution is 2.28. The highest BCUT2D eigenvalue weighted by Gasteiger charge is 2.37. The molecule has 8 heteroatoms. The summed E-state index contributed by atoms with van der Waals surface area (Å²) in [5.41, 5.74) is 0. The van der Waals surface area contributed by atoms with E-state index in [1.54, 1.807) is 9.80 Å². The van der Waals surface area contributed by atoms with Gasteiger partial charge in [0.05, 0.1) is 12.8 Å². The normalized spacial score (nSPS) is 20.7. The van der Waals surface area contributed by atoms with Crippen molar-refractivity contribution in [2.45, 2.75) is 18.9 Å². The van der Waals surface area contributed by atoms with Crippen LogP contribution in [0.5, 0.6) is 0 Å². The van der Waals surface area contributed by atoms with E-state index in [0.29, 0.717) is 26.2 Å². The molecule has 2 rings (SSSR count). The van der Waals surface area contributed by atoms with Crippen LogP contribution in [0.1, 0.15) is 12.8 Å². The Bertz CT molecular complexity index is 453. The van der Waals surface area contributed by atoms with Crippen LogP contribution in [0.2, 0.25) is 0 Å². The standard InChI is InChI=1S/C11H19N3O4S/c1-19(17,18)14(10-2-3-10)8-11(16)13-6-4-12(9-15)5-7-13/h9-10H,2-8H2,1H3. The minimum atomic E-state index is -3.33. The fourth-order valence-corrected chi connectivity index (χ4v) is 3.29. The maximum Gasteiger partial charge on any atom is 0.238 e. The first-order valence-corrected chi connectivity index (χ1v) is 8.20. The van der Waals surface area contributed by atoms with Crippen molar-refractivity contribution < 1.29 is 18.0 Å². The van der Waals surface area contributed by atoms with E-state index in [1.165, 1.54) is 4.31 Å². The lowest BCUT2D eigenvalue weighted by Gasteiger charge is -2.33. The van der Waals surface area contributed by atoms with Gasteiger partial charge in [0, 0.05) is 32.2 Å². The zero-order valence-electron chi connectivity index (χ0n) is 11.0. The molecule has 2 fully saturated rings. The van der Waals surface area contributed by atoms with Crippen LogP contribution in [0.25, 0.3) is 0 Å². The second kappa shape index (κ2) is 5.46. The molecule has 7 nitrogen and oxygen atoms in total. The van der Waals surface area contributed by atoms with E-state index in [2.05, 4.69) is 0 Å². The van der Waals surface area contributed by atoms with Gasteiger partial charge in [-0.2, -0.15) is 4.31 Å². The molecule has 0 unspecified atom stereocenters. The van der Waals surface area contributed by atoms with E-state index >= 15 is 0 Å². The van der Waals surface area contributed by atoms with Crippen molar-refractivity contribution in [3.63, 3.8) is 0 Å². The number of sulfonamides is 1. The SMILES string of the molecule is CS(=O)(=O)N(CC(=O)N1CCN(C=O)CC1)C1CC1. The largest absolute Gasteiger partial charge is 0.342 e. The molecule has 0 N–H and O–H groups in total. The van der Waals surface area contributed by atoms with Gasteiger partial charge in [0.2, 0.25) is 22.3 Å². The molecule has 2 amide bonds. The third kappa shape index (κ3) is 3.66. The van der Waals surface area contributed by atoms with Crippen molar-refractivity contribution >= 4 is 22.3 Å². The molecule has 1 saturated carbocycles. The quantitative estimate of drug-likeness (QED) is 0.590. The van der Waals surface area contributed by atoms with Gasteiger partial charge in [-0.3, -0.25) is 9.59 Å². The Labute approximate surface area is 113 Å². The van der Waals surface area contributed by atoms with Crippen molar-refractivity contribution in [1.29, 1.82) is 0 Å². The first-order chi connectivity index (χ1) is 8.91. The second-order valence-corrected chi connectivity index (χ2v) is 7.00. The predicted molar refractivity (Wildman–Crippen MR) is 68.8 cm³/mol. The number of hydrogen-bond acceptors (Lipinski definition) is 4. The highest BCUT2D eigenvalue weighted by atomic mass is 32.2. The summed E-state index contributed by atoms with van der Waals surface area (Å²) in [6.07, 6.45) is 3.58. The second-order valence-electron chi connectivity index (χ2n) is 5.06. The van der Waals surface area contributed by atoms with Gasteiger partial charge in [0.1, 0.15) is 0 Å². The van der Waals surface area contributed by atoms with Crippen molar-refractivity contribution in [2.24, 2.45) is 0 Å². The maximum absolute atomic E-state index is 12.1. The molecular weight excluding hydrogens is 270 g/mol. The smallest absolute Gasteiger partial charge is 0.238 e. The van der Waals surface area contributed by atoms with E-state index in [4.69, 9.17) is 0 Å².